The lowest BCUT2D eigenvalue weighted by molar-refractivity contribution is -0.138. The normalized spacial score (nSPS) is 19.2. The van der Waals surface area contributed by atoms with Crippen LogP contribution in [0.5, 0.6) is 0 Å². The first-order valence-electron chi connectivity index (χ1n) is 10.1. The smallest absolute Gasteiger partial charge is 0.353 e. The zero-order valence-electron chi connectivity index (χ0n) is 16.5. The fraction of sp³-hybridized carbons (Fsp3) is 0.455. The van der Waals surface area contributed by atoms with Crippen molar-refractivity contribution in [3.8, 4) is 0 Å². The van der Waals surface area contributed by atoms with Crippen molar-refractivity contribution in [2.24, 2.45) is 0 Å². The molecule has 0 radical (unpaired) electrons. The van der Waals surface area contributed by atoms with Gasteiger partial charge in [-0.25, -0.2) is 9.37 Å². The van der Waals surface area contributed by atoms with E-state index in [0.29, 0.717) is 44.8 Å². The van der Waals surface area contributed by atoms with E-state index in [2.05, 4.69) is 4.98 Å². The Morgan fingerprint density at radius 1 is 1.00 bits per heavy atom. The monoisotopic (exact) mass is 421 g/mol. The van der Waals surface area contributed by atoms with Crippen molar-refractivity contribution in [3.05, 3.63) is 59.5 Å². The Kier molecular flexibility index (Phi) is 5.42. The van der Waals surface area contributed by atoms with E-state index in [4.69, 9.17) is 0 Å². The molecule has 160 valence electrons. The van der Waals surface area contributed by atoms with Crippen LogP contribution in [-0.2, 0) is 16.4 Å². The van der Waals surface area contributed by atoms with Crippen LogP contribution in [0.15, 0.2) is 42.6 Å². The minimum Gasteiger partial charge on any atom is -0.353 e. The minimum atomic E-state index is -4.41. The molecule has 1 saturated heterocycles. The first kappa shape index (κ1) is 20.6. The van der Waals surface area contributed by atoms with Crippen LogP contribution in [0, 0.1) is 5.82 Å². The highest BCUT2D eigenvalue weighted by molar-refractivity contribution is 5.89. The number of rotatable bonds is 3. The summed E-state index contributed by atoms with van der Waals surface area (Å²) < 4.78 is 52.0. The van der Waals surface area contributed by atoms with Gasteiger partial charge in [-0.15, -0.1) is 0 Å². The van der Waals surface area contributed by atoms with Crippen molar-refractivity contribution in [1.29, 1.82) is 0 Å². The summed E-state index contributed by atoms with van der Waals surface area (Å²) in [4.78, 5) is 21.1. The second-order valence-corrected chi connectivity index (χ2v) is 7.98. The number of anilines is 1. The first-order valence-corrected chi connectivity index (χ1v) is 10.1. The van der Waals surface area contributed by atoms with Gasteiger partial charge < -0.3 is 9.80 Å². The van der Waals surface area contributed by atoms with Crippen LogP contribution < -0.4 is 4.90 Å². The Labute approximate surface area is 172 Å². The molecule has 1 aliphatic heterocycles. The van der Waals surface area contributed by atoms with Gasteiger partial charge in [-0.1, -0.05) is 25.0 Å². The zero-order valence-corrected chi connectivity index (χ0v) is 16.5. The Balaban J connectivity index is 1.46. The molecule has 2 aliphatic rings. The van der Waals surface area contributed by atoms with Gasteiger partial charge in [0, 0.05) is 32.4 Å². The molecule has 0 unspecified atom stereocenters. The standard InChI is InChI=1S/C22H23F4N3O/c23-18-5-3-4-16(14-18)21(8-1-2-9-21)20(30)29-12-10-28(11-13-29)19-7-6-17(15-27-19)22(24,25)26/h3-7,14-15H,1-2,8-13H2. The summed E-state index contributed by atoms with van der Waals surface area (Å²) in [6, 6.07) is 8.71. The summed E-state index contributed by atoms with van der Waals surface area (Å²) in [5, 5.41) is 0. The van der Waals surface area contributed by atoms with Gasteiger partial charge in [0.25, 0.3) is 0 Å². The molecular weight excluding hydrogens is 398 g/mol. The lowest BCUT2D eigenvalue weighted by atomic mass is 9.77. The molecule has 2 fully saturated rings. The molecule has 0 spiro atoms. The maximum Gasteiger partial charge on any atom is 0.417 e. The van der Waals surface area contributed by atoms with E-state index in [9.17, 15) is 22.4 Å². The second kappa shape index (κ2) is 7.89. The van der Waals surface area contributed by atoms with Crippen LogP contribution in [0.4, 0.5) is 23.4 Å². The molecule has 2 aromatic rings. The Hall–Kier alpha value is -2.64. The van der Waals surface area contributed by atoms with Gasteiger partial charge in [0.05, 0.1) is 11.0 Å². The summed E-state index contributed by atoms with van der Waals surface area (Å²) in [6.07, 6.45) is -0.311. The quantitative estimate of drug-likeness (QED) is 0.690. The second-order valence-electron chi connectivity index (χ2n) is 7.98. The average Bonchev–Trinajstić information content (AvgIpc) is 3.24. The molecule has 1 amide bonds. The largest absolute Gasteiger partial charge is 0.417 e. The average molecular weight is 421 g/mol. The number of benzene rings is 1. The first-order chi connectivity index (χ1) is 14.3. The number of piperazine rings is 1. The molecule has 1 aliphatic carbocycles. The number of halogens is 4. The number of carbonyl (C=O) groups excluding carboxylic acids is 1. The van der Waals surface area contributed by atoms with Crippen LogP contribution in [0.3, 0.4) is 0 Å². The van der Waals surface area contributed by atoms with Gasteiger partial charge in [-0.3, -0.25) is 4.79 Å². The summed E-state index contributed by atoms with van der Waals surface area (Å²) in [5.41, 5.74) is -0.730. The third kappa shape index (κ3) is 3.87. The van der Waals surface area contributed by atoms with Gasteiger partial charge in [0.1, 0.15) is 11.6 Å². The highest BCUT2D eigenvalue weighted by Crippen LogP contribution is 2.43. The number of carbonyl (C=O) groups is 1. The lowest BCUT2D eigenvalue weighted by Gasteiger charge is -2.40. The molecule has 0 atom stereocenters. The van der Waals surface area contributed by atoms with Crippen molar-refractivity contribution < 1.29 is 22.4 Å². The van der Waals surface area contributed by atoms with Crippen LogP contribution in [0.1, 0.15) is 36.8 Å². The van der Waals surface area contributed by atoms with Crippen molar-refractivity contribution in [2.75, 3.05) is 31.1 Å². The van der Waals surface area contributed by atoms with Crippen molar-refractivity contribution >= 4 is 11.7 Å². The van der Waals surface area contributed by atoms with Crippen LogP contribution in [0.25, 0.3) is 0 Å². The summed E-state index contributed by atoms with van der Waals surface area (Å²) in [5.74, 6) is 0.145. The summed E-state index contributed by atoms with van der Waals surface area (Å²) >= 11 is 0. The van der Waals surface area contributed by atoms with E-state index >= 15 is 0 Å². The zero-order chi connectivity index (χ0) is 21.4. The maximum atomic E-state index is 13.8. The Morgan fingerprint density at radius 2 is 1.70 bits per heavy atom. The van der Waals surface area contributed by atoms with Gasteiger partial charge in [0.15, 0.2) is 0 Å². The van der Waals surface area contributed by atoms with E-state index < -0.39 is 17.2 Å². The van der Waals surface area contributed by atoms with Gasteiger partial charge in [-0.2, -0.15) is 13.2 Å². The topological polar surface area (TPSA) is 36.4 Å². The van der Waals surface area contributed by atoms with Crippen molar-refractivity contribution in [1.82, 2.24) is 9.88 Å². The van der Waals surface area contributed by atoms with Crippen molar-refractivity contribution in [3.63, 3.8) is 0 Å². The van der Waals surface area contributed by atoms with E-state index in [1.807, 2.05) is 11.0 Å². The summed E-state index contributed by atoms with van der Waals surface area (Å²) in [6.45, 7) is 1.89. The minimum absolute atomic E-state index is 0.0191. The fourth-order valence-electron chi connectivity index (χ4n) is 4.57. The van der Waals surface area contributed by atoms with Gasteiger partial charge in [0.2, 0.25) is 5.91 Å². The predicted molar refractivity (Wildman–Crippen MR) is 105 cm³/mol. The van der Waals surface area contributed by atoms with Gasteiger partial charge >= 0.3 is 6.18 Å². The molecule has 0 N–H and O–H groups in total. The van der Waals surface area contributed by atoms with Gasteiger partial charge in [-0.05, 0) is 42.7 Å². The molecule has 4 nitrogen and oxygen atoms in total. The summed E-state index contributed by atoms with van der Waals surface area (Å²) in [7, 11) is 0. The predicted octanol–water partition coefficient (Wildman–Crippen LogP) is 4.40. The SMILES string of the molecule is O=C(N1CCN(c2ccc(C(F)(F)F)cn2)CC1)C1(c2cccc(F)c2)CCCC1. The number of aromatic nitrogens is 1. The molecule has 4 rings (SSSR count). The fourth-order valence-corrected chi connectivity index (χ4v) is 4.57. The molecule has 30 heavy (non-hydrogen) atoms. The van der Waals surface area contributed by atoms with E-state index in [-0.39, 0.29) is 11.7 Å². The third-order valence-electron chi connectivity index (χ3n) is 6.21. The number of nitrogens with zero attached hydrogens (tertiary/aromatic N) is 3. The van der Waals surface area contributed by atoms with E-state index in [1.165, 1.54) is 18.2 Å². The number of hydrogen-bond donors (Lipinski definition) is 0. The lowest BCUT2D eigenvalue weighted by Crippen LogP contribution is -2.54. The molecular formula is C22H23F4N3O. The highest BCUT2D eigenvalue weighted by atomic mass is 19.4. The molecule has 2 heterocycles. The number of pyridine rings is 1. The van der Waals surface area contributed by atoms with E-state index in [1.54, 1.807) is 11.0 Å². The molecule has 1 aromatic carbocycles. The number of hydrogen-bond acceptors (Lipinski definition) is 3. The third-order valence-corrected chi connectivity index (χ3v) is 6.21. The molecule has 8 heteroatoms. The van der Waals surface area contributed by atoms with Crippen LogP contribution >= 0.6 is 0 Å². The Bertz CT molecular complexity index is 899. The Morgan fingerprint density at radius 3 is 2.27 bits per heavy atom. The maximum absolute atomic E-state index is 13.8. The molecule has 0 bridgehead atoms. The highest BCUT2D eigenvalue weighted by Gasteiger charge is 2.45. The van der Waals surface area contributed by atoms with E-state index in [0.717, 1.165) is 30.7 Å². The molecule has 1 aromatic heterocycles. The number of amides is 1. The molecule has 1 saturated carbocycles. The van der Waals surface area contributed by atoms with Crippen LogP contribution in [-0.4, -0.2) is 42.0 Å². The van der Waals surface area contributed by atoms with Crippen LogP contribution in [0.2, 0.25) is 0 Å². The number of alkyl halides is 3. The van der Waals surface area contributed by atoms with Crippen molar-refractivity contribution in [2.45, 2.75) is 37.3 Å².